The van der Waals surface area contributed by atoms with Crippen molar-refractivity contribution in [2.45, 2.75) is 144 Å². The van der Waals surface area contributed by atoms with Gasteiger partial charge in [-0.3, -0.25) is 19.2 Å². The van der Waals surface area contributed by atoms with Crippen LogP contribution in [0.25, 0.3) is 0 Å². The molecule has 0 radical (unpaired) electrons. The third kappa shape index (κ3) is 31.8. The largest absolute Gasteiger partial charge is 0.460 e. The molecule has 0 aliphatic rings. The fraction of sp³-hybridized carbons (Fsp3) is 0.654. The molecule has 0 saturated heterocycles. The van der Waals surface area contributed by atoms with Crippen LogP contribution in [0.2, 0.25) is 0 Å². The second kappa shape index (κ2) is 33.3. The molecule has 0 aromatic heterocycles. The Kier molecular flexibility index (Phi) is 29.3. The summed E-state index contributed by atoms with van der Waals surface area (Å²) in [7, 11) is -9.76. The van der Waals surface area contributed by atoms with E-state index in [1.54, 1.807) is 153 Å². The van der Waals surface area contributed by atoms with Crippen molar-refractivity contribution in [3.8, 4) is 0 Å². The van der Waals surface area contributed by atoms with Crippen molar-refractivity contribution < 1.29 is 97.7 Å². The molecule has 0 aliphatic carbocycles. The Morgan fingerprint density at radius 3 is 0.949 bits per heavy atom. The van der Waals surface area contributed by atoms with E-state index in [1.165, 1.54) is 0 Å². The molecule has 0 aliphatic heterocycles. The monoisotopic (exact) mass is 1160 g/mol. The predicted octanol–water partition coefficient (Wildman–Crippen LogP) is 4.90. The molecule has 2 aromatic rings. The minimum absolute atomic E-state index is 0.0282. The summed E-state index contributed by atoms with van der Waals surface area (Å²) in [5.41, 5.74) is -2.95. The first-order chi connectivity index (χ1) is 36.7. The fourth-order valence-corrected chi connectivity index (χ4v) is 8.83. The number of nitrogens with one attached hydrogen (secondary N) is 2. The van der Waals surface area contributed by atoms with Crippen LogP contribution in [0.4, 0.5) is 9.59 Å². The Hall–Kier alpha value is -5.52. The summed E-state index contributed by atoms with van der Waals surface area (Å²) in [6, 6.07) is 13.5. The Labute approximate surface area is 465 Å². The zero-order valence-corrected chi connectivity index (χ0v) is 49.2. The maximum absolute atomic E-state index is 13.8. The average Bonchev–Trinajstić information content (AvgIpc) is 3.30. The lowest BCUT2D eigenvalue weighted by atomic mass is 10.1. The summed E-state index contributed by atoms with van der Waals surface area (Å²) in [4.78, 5) is 78.6. The smallest absolute Gasteiger partial charge is 0.422 e. The van der Waals surface area contributed by atoms with E-state index in [-0.39, 0.29) is 79.3 Å². The molecule has 2 unspecified atom stereocenters. The van der Waals surface area contributed by atoms with Gasteiger partial charge in [-0.2, -0.15) is 25.4 Å². The molecular formula is C52H82N4O21S2. The van der Waals surface area contributed by atoms with Gasteiger partial charge in [0.1, 0.15) is 47.7 Å². The van der Waals surface area contributed by atoms with Crippen molar-refractivity contribution >= 4 is 56.5 Å². The standard InChI is InChI=1S/C52H82N4O21S2/c1-49(2,3)74-43(57)35-41(45(59)76-51(7,8)9)55(78(63,64)53-47(61)72-37-39-19-15-13-16-20-39)23-25-67-27-29-69-31-33-71-34-32-70-30-28-68-26-24-56(79(65,66)54-48(62)73-38-40-21-17-14-18-22-40)42(46(60)77-52(10,11)12)36-44(58)75-50(4,5)6/h13-22,41-42H,23-38H2,1-12H3,(H,53,61)(H,54,62). The van der Waals surface area contributed by atoms with Gasteiger partial charge in [0, 0.05) is 13.1 Å². The summed E-state index contributed by atoms with van der Waals surface area (Å²) in [5, 5.41) is 0. The molecule has 0 spiro atoms. The number of carbonyl (C=O) groups excluding carboxylic acids is 6. The lowest BCUT2D eigenvalue weighted by Crippen LogP contribution is -2.54. The van der Waals surface area contributed by atoms with Crippen LogP contribution in [-0.2, 0) is 105 Å². The molecule has 25 nitrogen and oxygen atoms in total. The normalized spacial score (nSPS) is 13.2. The molecule has 0 saturated carbocycles. The Morgan fingerprint density at radius 1 is 0.418 bits per heavy atom. The van der Waals surface area contributed by atoms with Gasteiger partial charge < -0.3 is 52.1 Å². The Morgan fingerprint density at radius 2 is 0.684 bits per heavy atom. The molecule has 2 N–H and O–H groups in total. The topological polar surface area (TPSA) is 303 Å². The van der Waals surface area contributed by atoms with Crippen molar-refractivity contribution in [1.29, 1.82) is 0 Å². The number of hydrogen-bond acceptors (Lipinski definition) is 21. The first kappa shape index (κ1) is 69.6. The zero-order chi connectivity index (χ0) is 59.5. The van der Waals surface area contributed by atoms with E-state index in [1.807, 2.05) is 0 Å². The fourth-order valence-electron chi connectivity index (χ4n) is 6.44. The quantitative estimate of drug-likeness (QED) is 0.0535. The number of benzene rings is 2. The van der Waals surface area contributed by atoms with E-state index in [0.29, 0.717) is 19.7 Å². The molecular weight excluding hydrogens is 1080 g/mol. The van der Waals surface area contributed by atoms with Crippen molar-refractivity contribution in [3.63, 3.8) is 0 Å². The van der Waals surface area contributed by atoms with Gasteiger partial charge in [-0.15, -0.1) is 0 Å². The number of esters is 4. The number of hydrogen-bond donors (Lipinski definition) is 2. The minimum atomic E-state index is -4.88. The number of carbonyl (C=O) groups is 6. The van der Waals surface area contributed by atoms with Gasteiger partial charge in [-0.05, 0) is 94.2 Å². The molecule has 0 bridgehead atoms. The van der Waals surface area contributed by atoms with Gasteiger partial charge >= 0.3 is 56.5 Å². The highest BCUT2D eigenvalue weighted by atomic mass is 32.2. The minimum Gasteiger partial charge on any atom is -0.460 e. The van der Waals surface area contributed by atoms with E-state index in [2.05, 4.69) is 0 Å². The summed E-state index contributed by atoms with van der Waals surface area (Å²) in [6.07, 6.45) is -4.17. The van der Waals surface area contributed by atoms with Crippen molar-refractivity contribution in [1.82, 2.24) is 18.1 Å². The van der Waals surface area contributed by atoms with Crippen LogP contribution >= 0.6 is 0 Å². The maximum atomic E-state index is 13.8. The molecule has 448 valence electrons. The molecule has 2 amide bonds. The highest BCUT2D eigenvalue weighted by Crippen LogP contribution is 2.22. The molecule has 27 heteroatoms. The maximum Gasteiger partial charge on any atom is 0.422 e. The van der Waals surface area contributed by atoms with Crippen LogP contribution in [0, 0.1) is 0 Å². The molecule has 2 aromatic carbocycles. The van der Waals surface area contributed by atoms with E-state index >= 15 is 0 Å². The van der Waals surface area contributed by atoms with Crippen molar-refractivity contribution in [2.75, 3.05) is 79.2 Å². The molecule has 0 fully saturated rings. The third-order valence-electron chi connectivity index (χ3n) is 9.48. The molecule has 79 heavy (non-hydrogen) atoms. The van der Waals surface area contributed by atoms with E-state index in [9.17, 15) is 45.6 Å². The number of nitrogens with zero attached hydrogens (tertiary/aromatic N) is 2. The van der Waals surface area contributed by atoms with Crippen molar-refractivity contribution in [2.24, 2.45) is 0 Å². The number of ether oxygens (including phenoxy) is 11. The van der Waals surface area contributed by atoms with Gasteiger partial charge in [0.25, 0.3) is 0 Å². The van der Waals surface area contributed by atoms with Gasteiger partial charge in [-0.1, -0.05) is 60.7 Å². The first-order valence-electron chi connectivity index (χ1n) is 25.4. The van der Waals surface area contributed by atoms with Gasteiger partial charge in [0.05, 0.1) is 78.9 Å². The number of amides is 2. The highest BCUT2D eigenvalue weighted by Gasteiger charge is 2.42. The second-order valence-electron chi connectivity index (χ2n) is 21.3. The summed E-state index contributed by atoms with van der Waals surface area (Å²) in [6.45, 7) is 17.5. The predicted molar refractivity (Wildman–Crippen MR) is 285 cm³/mol. The van der Waals surface area contributed by atoms with E-state index in [0.717, 1.165) is 0 Å². The lowest BCUT2D eigenvalue weighted by Gasteiger charge is -2.31. The van der Waals surface area contributed by atoms with E-state index in [4.69, 9.17) is 52.1 Å². The Bertz CT molecular complexity index is 2250. The van der Waals surface area contributed by atoms with Crippen LogP contribution < -0.4 is 9.44 Å². The van der Waals surface area contributed by atoms with Crippen molar-refractivity contribution in [3.05, 3.63) is 71.8 Å². The van der Waals surface area contributed by atoms with Crippen LogP contribution in [-0.4, -0.2) is 175 Å². The molecule has 2 atom stereocenters. The summed E-state index contributed by atoms with van der Waals surface area (Å²) < 4.78 is 120. The second-order valence-corrected chi connectivity index (χ2v) is 24.5. The average molecular weight is 1160 g/mol. The van der Waals surface area contributed by atoms with E-state index < -0.39 is 117 Å². The lowest BCUT2D eigenvalue weighted by molar-refractivity contribution is -0.167. The van der Waals surface area contributed by atoms with Gasteiger partial charge in [-0.25, -0.2) is 19.0 Å². The van der Waals surface area contributed by atoms with Gasteiger partial charge in [0.15, 0.2) is 0 Å². The summed E-state index contributed by atoms with van der Waals surface area (Å²) >= 11 is 0. The van der Waals surface area contributed by atoms with Crippen LogP contribution in [0.15, 0.2) is 60.7 Å². The van der Waals surface area contributed by atoms with Crippen LogP contribution in [0.5, 0.6) is 0 Å². The first-order valence-corrected chi connectivity index (χ1v) is 28.3. The Balaban J connectivity index is 1.92. The third-order valence-corrected chi connectivity index (χ3v) is 12.4. The van der Waals surface area contributed by atoms with Crippen LogP contribution in [0.1, 0.15) is 107 Å². The SMILES string of the molecule is CC(C)(C)OC(=O)CC(C(=O)OC(C)(C)C)N(CCOCCOCCOCCOCCOCCN(C(CC(=O)OC(C)(C)C)C(=O)OC(C)(C)C)S(=O)(=O)NC(=O)OCc1ccccc1)S(=O)(=O)NC(=O)OCc1ccccc1. The zero-order valence-electron chi connectivity index (χ0n) is 47.5. The van der Waals surface area contributed by atoms with Crippen LogP contribution in [0.3, 0.4) is 0 Å². The summed E-state index contributed by atoms with van der Waals surface area (Å²) in [5.74, 6) is -3.95. The van der Waals surface area contributed by atoms with Gasteiger partial charge in [0.2, 0.25) is 0 Å². The highest BCUT2D eigenvalue weighted by molar-refractivity contribution is 7.88. The molecule has 2 rings (SSSR count). The number of rotatable bonds is 34. The molecule has 0 heterocycles.